The third-order valence-corrected chi connectivity index (χ3v) is 4.22. The molecule has 0 fully saturated rings. The van der Waals surface area contributed by atoms with Crippen LogP contribution in [0.25, 0.3) is 22.2 Å². The van der Waals surface area contributed by atoms with Crippen molar-refractivity contribution in [2.75, 3.05) is 5.73 Å². The Balaban J connectivity index is 2.01. The molecule has 0 bridgehead atoms. The van der Waals surface area contributed by atoms with Crippen LogP contribution in [-0.2, 0) is 0 Å². The van der Waals surface area contributed by atoms with Gasteiger partial charge in [0.15, 0.2) is 0 Å². The van der Waals surface area contributed by atoms with Crippen LogP contribution < -0.4 is 5.73 Å². The number of thiophene rings is 1. The highest BCUT2D eigenvalue weighted by atomic mass is 79.9. The molecule has 2 N–H and O–H groups in total. The minimum Gasteiger partial charge on any atom is -0.399 e. The Labute approximate surface area is 126 Å². The molecule has 0 aliphatic carbocycles. The second-order valence-corrected chi connectivity index (χ2v) is 6.70. The molecule has 3 rings (SSSR count). The van der Waals surface area contributed by atoms with Gasteiger partial charge in [-0.25, -0.2) is 0 Å². The summed E-state index contributed by atoms with van der Waals surface area (Å²) in [5, 5.41) is 4.49. The summed E-state index contributed by atoms with van der Waals surface area (Å²) < 4.78 is 6.26. The van der Waals surface area contributed by atoms with Crippen LogP contribution in [0.5, 0.6) is 0 Å². The second-order valence-electron chi connectivity index (χ2n) is 3.80. The van der Waals surface area contributed by atoms with E-state index in [0.717, 1.165) is 8.66 Å². The Morgan fingerprint density at radius 1 is 1.26 bits per heavy atom. The third kappa shape index (κ3) is 2.65. The predicted molar refractivity (Wildman–Crippen MR) is 80.2 cm³/mol. The lowest BCUT2D eigenvalue weighted by molar-refractivity contribution is 0.432. The first-order valence-electron chi connectivity index (χ1n) is 5.28. The van der Waals surface area contributed by atoms with Gasteiger partial charge in [0, 0.05) is 16.3 Å². The molecule has 0 atom stereocenters. The van der Waals surface area contributed by atoms with E-state index in [0.29, 0.717) is 28.0 Å². The molecule has 2 aromatic heterocycles. The number of benzene rings is 1. The van der Waals surface area contributed by atoms with Crippen LogP contribution in [0.2, 0.25) is 5.02 Å². The maximum absolute atomic E-state index is 5.95. The van der Waals surface area contributed by atoms with Gasteiger partial charge >= 0.3 is 0 Å². The van der Waals surface area contributed by atoms with Gasteiger partial charge in [0.25, 0.3) is 5.89 Å². The smallest absolute Gasteiger partial charge is 0.258 e. The standard InChI is InChI=1S/C12H7BrClN3OS/c13-10-2-1-9(19-10)11-16-12(18-17-11)6-3-7(14)5-8(15)4-6/h1-5H,15H2. The van der Waals surface area contributed by atoms with Crippen molar-refractivity contribution in [3.05, 3.63) is 39.1 Å². The van der Waals surface area contributed by atoms with Crippen LogP contribution in [0.3, 0.4) is 0 Å². The summed E-state index contributed by atoms with van der Waals surface area (Å²) in [5.74, 6) is 0.943. The molecule has 3 aromatic rings. The Hall–Kier alpha value is -1.37. The molecule has 0 aliphatic heterocycles. The van der Waals surface area contributed by atoms with Gasteiger partial charge in [-0.15, -0.1) is 11.3 Å². The van der Waals surface area contributed by atoms with Gasteiger partial charge in [-0.2, -0.15) is 4.98 Å². The molecular weight excluding hydrogens is 350 g/mol. The lowest BCUT2D eigenvalue weighted by Gasteiger charge is -1.98. The molecule has 0 radical (unpaired) electrons. The van der Waals surface area contributed by atoms with Crippen LogP contribution in [0.1, 0.15) is 0 Å². The van der Waals surface area contributed by atoms with Crippen molar-refractivity contribution in [3.63, 3.8) is 0 Å². The first kappa shape index (κ1) is 12.7. The predicted octanol–water partition coefficient (Wildman–Crippen LogP) is 4.46. The van der Waals surface area contributed by atoms with Crippen molar-refractivity contribution >= 4 is 44.6 Å². The van der Waals surface area contributed by atoms with Gasteiger partial charge in [-0.3, -0.25) is 0 Å². The summed E-state index contributed by atoms with van der Waals surface area (Å²) in [7, 11) is 0. The Kier molecular flexibility index (Phi) is 3.30. The van der Waals surface area contributed by atoms with E-state index in [4.69, 9.17) is 21.9 Å². The topological polar surface area (TPSA) is 64.9 Å². The fourth-order valence-corrected chi connectivity index (χ4v) is 3.17. The van der Waals surface area contributed by atoms with Crippen molar-refractivity contribution in [1.29, 1.82) is 0 Å². The van der Waals surface area contributed by atoms with Crippen molar-refractivity contribution in [1.82, 2.24) is 10.1 Å². The van der Waals surface area contributed by atoms with Crippen LogP contribution in [0.15, 0.2) is 38.6 Å². The molecule has 19 heavy (non-hydrogen) atoms. The molecule has 4 nitrogen and oxygen atoms in total. The highest BCUT2D eigenvalue weighted by Crippen LogP contribution is 2.31. The highest BCUT2D eigenvalue weighted by molar-refractivity contribution is 9.11. The molecule has 0 saturated carbocycles. The van der Waals surface area contributed by atoms with Gasteiger partial charge in [0.05, 0.1) is 8.66 Å². The number of aromatic nitrogens is 2. The van der Waals surface area contributed by atoms with Crippen molar-refractivity contribution in [2.45, 2.75) is 0 Å². The van der Waals surface area contributed by atoms with Crippen molar-refractivity contribution in [2.24, 2.45) is 0 Å². The fourth-order valence-electron chi connectivity index (χ4n) is 1.61. The molecule has 0 spiro atoms. The Morgan fingerprint density at radius 2 is 2.11 bits per heavy atom. The third-order valence-electron chi connectivity index (χ3n) is 2.39. The van der Waals surface area contributed by atoms with Gasteiger partial charge < -0.3 is 10.3 Å². The summed E-state index contributed by atoms with van der Waals surface area (Å²) in [4.78, 5) is 5.27. The molecule has 0 amide bonds. The van der Waals surface area contributed by atoms with E-state index in [1.807, 2.05) is 12.1 Å². The molecule has 96 valence electrons. The zero-order chi connectivity index (χ0) is 13.4. The average molecular weight is 357 g/mol. The fraction of sp³-hybridized carbons (Fsp3) is 0. The summed E-state index contributed by atoms with van der Waals surface area (Å²) in [6.07, 6.45) is 0. The molecule has 0 aliphatic rings. The molecule has 0 unspecified atom stereocenters. The number of hydrogen-bond acceptors (Lipinski definition) is 5. The van der Waals surface area contributed by atoms with Gasteiger partial charge in [-0.1, -0.05) is 16.8 Å². The van der Waals surface area contributed by atoms with E-state index in [1.165, 1.54) is 11.3 Å². The van der Waals surface area contributed by atoms with Gasteiger partial charge in [0.2, 0.25) is 5.82 Å². The van der Waals surface area contributed by atoms with Crippen molar-refractivity contribution in [3.8, 4) is 22.2 Å². The lowest BCUT2D eigenvalue weighted by Crippen LogP contribution is -1.86. The number of nitrogens with zero attached hydrogens (tertiary/aromatic N) is 2. The lowest BCUT2D eigenvalue weighted by atomic mass is 10.2. The van der Waals surface area contributed by atoms with Crippen LogP contribution >= 0.6 is 38.9 Å². The largest absolute Gasteiger partial charge is 0.399 e. The summed E-state index contributed by atoms with van der Waals surface area (Å²) in [5.41, 5.74) is 7.00. The maximum atomic E-state index is 5.95. The first-order valence-corrected chi connectivity index (χ1v) is 7.26. The summed E-state index contributed by atoms with van der Waals surface area (Å²) >= 11 is 10.9. The molecule has 7 heteroatoms. The quantitative estimate of drug-likeness (QED) is 0.688. The number of nitrogen functional groups attached to an aromatic ring is 1. The molecule has 0 saturated heterocycles. The number of hydrogen-bond donors (Lipinski definition) is 1. The first-order chi connectivity index (χ1) is 9.11. The number of nitrogens with two attached hydrogens (primary N) is 1. The van der Waals surface area contributed by atoms with E-state index in [2.05, 4.69) is 26.1 Å². The SMILES string of the molecule is Nc1cc(Cl)cc(-c2nc(-c3ccc(Br)s3)no2)c1. The van der Waals surface area contributed by atoms with Gasteiger partial charge in [0.1, 0.15) is 0 Å². The number of rotatable bonds is 2. The van der Waals surface area contributed by atoms with E-state index in [9.17, 15) is 0 Å². The molecular formula is C12H7BrClN3OS. The zero-order valence-corrected chi connectivity index (χ0v) is 12.6. The zero-order valence-electron chi connectivity index (χ0n) is 9.43. The monoisotopic (exact) mass is 355 g/mol. The van der Waals surface area contributed by atoms with Crippen molar-refractivity contribution < 1.29 is 4.52 Å². The molecule has 2 heterocycles. The highest BCUT2D eigenvalue weighted by Gasteiger charge is 2.13. The van der Waals surface area contributed by atoms with E-state index < -0.39 is 0 Å². The Morgan fingerprint density at radius 3 is 2.79 bits per heavy atom. The number of halogens is 2. The minimum atomic E-state index is 0.397. The van der Waals surface area contributed by atoms with E-state index in [-0.39, 0.29) is 0 Å². The molecule has 1 aromatic carbocycles. The van der Waals surface area contributed by atoms with Crippen LogP contribution in [-0.4, -0.2) is 10.1 Å². The summed E-state index contributed by atoms with van der Waals surface area (Å²) in [6, 6.07) is 9.01. The Bertz CT molecular complexity index is 720. The minimum absolute atomic E-state index is 0.397. The van der Waals surface area contributed by atoms with Crippen LogP contribution in [0, 0.1) is 0 Å². The van der Waals surface area contributed by atoms with Crippen LogP contribution in [0.4, 0.5) is 5.69 Å². The number of anilines is 1. The van der Waals surface area contributed by atoms with E-state index >= 15 is 0 Å². The van der Waals surface area contributed by atoms with Gasteiger partial charge in [-0.05, 0) is 46.3 Å². The summed E-state index contributed by atoms with van der Waals surface area (Å²) in [6.45, 7) is 0. The second kappa shape index (κ2) is 4.96. The normalized spacial score (nSPS) is 10.8. The van der Waals surface area contributed by atoms with E-state index in [1.54, 1.807) is 18.2 Å². The average Bonchev–Trinajstić information content (AvgIpc) is 2.95. The maximum Gasteiger partial charge on any atom is 0.258 e.